The molecule has 0 aliphatic heterocycles. The van der Waals surface area contributed by atoms with E-state index in [9.17, 15) is 9.59 Å². The van der Waals surface area contributed by atoms with Gasteiger partial charge in [-0.25, -0.2) is 0 Å². The number of hydrogen-bond acceptors (Lipinski definition) is 4. The molecule has 0 bridgehead atoms. The van der Waals surface area contributed by atoms with Gasteiger partial charge in [0, 0.05) is 0 Å². The van der Waals surface area contributed by atoms with Gasteiger partial charge in [-0.2, -0.15) is 0 Å². The molecule has 0 aromatic heterocycles. The van der Waals surface area contributed by atoms with Crippen molar-refractivity contribution >= 4 is 11.9 Å². The maximum absolute atomic E-state index is 12.7. The lowest BCUT2D eigenvalue weighted by molar-refractivity contribution is -0.173. The minimum absolute atomic E-state index is 0.402. The largest absolute Gasteiger partial charge is 0.465 e. The summed E-state index contributed by atoms with van der Waals surface area (Å²) in [6.07, 6.45) is 18.7. The molecule has 0 aliphatic rings. The van der Waals surface area contributed by atoms with Gasteiger partial charge < -0.3 is 9.47 Å². The molecule has 0 heterocycles. The van der Waals surface area contributed by atoms with Crippen LogP contribution >= 0.6 is 0 Å². The zero-order valence-electron chi connectivity index (χ0n) is 20.6. The highest BCUT2D eigenvalue weighted by atomic mass is 16.6. The molecule has 0 unspecified atom stereocenters. The van der Waals surface area contributed by atoms with Crippen LogP contribution in [0.2, 0.25) is 0 Å². The van der Waals surface area contributed by atoms with Crippen LogP contribution in [0.1, 0.15) is 137 Å². The Kier molecular flexibility index (Phi) is 19.2. The summed E-state index contributed by atoms with van der Waals surface area (Å²) in [7, 11) is 0. The van der Waals surface area contributed by atoms with Crippen LogP contribution < -0.4 is 0 Å². The summed E-state index contributed by atoms with van der Waals surface area (Å²) in [5, 5.41) is 0. The smallest absolute Gasteiger partial charge is 0.323 e. The van der Waals surface area contributed by atoms with E-state index in [0.717, 1.165) is 25.7 Å². The lowest BCUT2D eigenvalue weighted by Gasteiger charge is -2.27. The topological polar surface area (TPSA) is 52.6 Å². The number of ether oxygens (including phenoxy) is 2. The normalized spacial score (nSPS) is 11.5. The summed E-state index contributed by atoms with van der Waals surface area (Å²) >= 11 is 0. The highest BCUT2D eigenvalue weighted by molar-refractivity contribution is 5.99. The molecule has 0 saturated carbocycles. The molecule has 0 spiro atoms. The van der Waals surface area contributed by atoms with Gasteiger partial charge in [0.2, 0.25) is 0 Å². The van der Waals surface area contributed by atoms with Gasteiger partial charge in [0.05, 0.1) is 13.2 Å². The van der Waals surface area contributed by atoms with Crippen molar-refractivity contribution in [2.75, 3.05) is 13.2 Å². The van der Waals surface area contributed by atoms with E-state index >= 15 is 0 Å². The van der Waals surface area contributed by atoms with Crippen LogP contribution in [0, 0.1) is 5.41 Å². The van der Waals surface area contributed by atoms with Gasteiger partial charge in [-0.15, -0.1) is 0 Å². The van der Waals surface area contributed by atoms with E-state index in [-0.39, 0.29) is 0 Å². The summed E-state index contributed by atoms with van der Waals surface area (Å²) in [6, 6.07) is 0. The second kappa shape index (κ2) is 19.9. The third kappa shape index (κ3) is 12.6. The van der Waals surface area contributed by atoms with Crippen molar-refractivity contribution in [3.8, 4) is 0 Å². The highest BCUT2D eigenvalue weighted by Gasteiger charge is 2.45. The molecule has 0 amide bonds. The summed E-state index contributed by atoms with van der Waals surface area (Å²) in [5.74, 6) is -0.806. The van der Waals surface area contributed by atoms with Crippen LogP contribution in [0.4, 0.5) is 0 Å². The predicted molar refractivity (Wildman–Crippen MR) is 126 cm³/mol. The van der Waals surface area contributed by atoms with Crippen molar-refractivity contribution in [2.24, 2.45) is 5.41 Å². The molecule has 0 radical (unpaired) electrons. The molecule has 0 atom stereocenters. The number of carbonyl (C=O) groups is 2. The highest BCUT2D eigenvalue weighted by Crippen LogP contribution is 2.30. The van der Waals surface area contributed by atoms with Gasteiger partial charge >= 0.3 is 11.9 Å². The molecule has 4 nitrogen and oxygen atoms in total. The Bertz CT molecular complexity index is 415. The Balaban J connectivity index is 4.10. The fourth-order valence-electron chi connectivity index (χ4n) is 3.81. The quantitative estimate of drug-likeness (QED) is 0.107. The molecule has 0 aromatic rings. The second-order valence-electron chi connectivity index (χ2n) is 8.66. The van der Waals surface area contributed by atoms with E-state index in [1.807, 2.05) is 13.8 Å². The lowest BCUT2D eigenvalue weighted by Crippen LogP contribution is -2.41. The van der Waals surface area contributed by atoms with E-state index < -0.39 is 17.4 Å². The zero-order valence-corrected chi connectivity index (χ0v) is 20.6. The number of carbonyl (C=O) groups excluding carboxylic acids is 2. The van der Waals surface area contributed by atoms with Crippen LogP contribution in [-0.4, -0.2) is 25.2 Å². The minimum Gasteiger partial charge on any atom is -0.465 e. The molecule has 0 saturated heterocycles. The first kappa shape index (κ1) is 28.9. The summed E-state index contributed by atoms with van der Waals surface area (Å²) < 4.78 is 11.0. The molecular weight excluding hydrogens is 376 g/mol. The number of esters is 2. The average Bonchev–Trinajstić information content (AvgIpc) is 2.75. The van der Waals surface area contributed by atoms with Gasteiger partial charge in [0.15, 0.2) is 5.41 Å². The van der Waals surface area contributed by atoms with Crippen LogP contribution in [0.3, 0.4) is 0 Å². The van der Waals surface area contributed by atoms with Gasteiger partial charge in [0.25, 0.3) is 0 Å². The van der Waals surface area contributed by atoms with Crippen molar-refractivity contribution in [1.82, 2.24) is 0 Å². The molecule has 0 aromatic carbocycles. The molecule has 0 N–H and O–H groups in total. The van der Waals surface area contributed by atoms with Crippen molar-refractivity contribution in [1.29, 1.82) is 0 Å². The molecule has 0 rings (SSSR count). The van der Waals surface area contributed by atoms with E-state index in [1.54, 1.807) is 0 Å². The van der Waals surface area contributed by atoms with Gasteiger partial charge in [-0.3, -0.25) is 9.59 Å². The van der Waals surface area contributed by atoms with Gasteiger partial charge in [-0.1, -0.05) is 111 Å². The third-order valence-electron chi connectivity index (χ3n) is 6.20. The van der Waals surface area contributed by atoms with Gasteiger partial charge in [-0.05, 0) is 25.7 Å². The zero-order chi connectivity index (χ0) is 22.5. The van der Waals surface area contributed by atoms with E-state index in [1.165, 1.54) is 70.6 Å². The standard InChI is InChI=1S/C26H50O4/c1-5-9-11-13-15-17-19-21-23-30-25(28)26(7-3,8-4)24(27)29-22-20-18-16-14-12-10-6-2/h5-23H2,1-4H3. The van der Waals surface area contributed by atoms with Crippen molar-refractivity contribution in [2.45, 2.75) is 137 Å². The Hall–Kier alpha value is -1.06. The number of unbranched alkanes of at least 4 members (excludes halogenated alkanes) is 13. The van der Waals surface area contributed by atoms with Crippen LogP contribution in [0.15, 0.2) is 0 Å². The average molecular weight is 427 g/mol. The SMILES string of the molecule is CCCCCCCCCCOC(=O)C(CC)(CC)C(=O)OCCCCCCCCC. The fourth-order valence-corrected chi connectivity index (χ4v) is 3.81. The number of hydrogen-bond donors (Lipinski definition) is 0. The molecule has 0 fully saturated rings. The Morgan fingerprint density at radius 3 is 1.10 bits per heavy atom. The second-order valence-corrected chi connectivity index (χ2v) is 8.66. The summed E-state index contributed by atoms with van der Waals surface area (Å²) in [6.45, 7) is 8.99. The molecule has 0 aliphatic carbocycles. The van der Waals surface area contributed by atoms with Gasteiger partial charge in [0.1, 0.15) is 0 Å². The molecule has 4 heteroatoms. The maximum Gasteiger partial charge on any atom is 0.323 e. The summed E-state index contributed by atoms with van der Waals surface area (Å²) in [4.78, 5) is 25.4. The van der Waals surface area contributed by atoms with Crippen molar-refractivity contribution in [3.05, 3.63) is 0 Å². The predicted octanol–water partition coefficient (Wildman–Crippen LogP) is 7.77. The Morgan fingerprint density at radius 1 is 0.500 bits per heavy atom. The minimum atomic E-state index is -1.14. The van der Waals surface area contributed by atoms with E-state index in [2.05, 4.69) is 13.8 Å². The Morgan fingerprint density at radius 2 is 0.800 bits per heavy atom. The lowest BCUT2D eigenvalue weighted by atomic mass is 9.82. The first-order chi connectivity index (χ1) is 14.6. The summed E-state index contributed by atoms with van der Waals surface area (Å²) in [5.41, 5.74) is -1.14. The van der Waals surface area contributed by atoms with E-state index in [4.69, 9.17) is 9.47 Å². The first-order valence-electron chi connectivity index (χ1n) is 12.9. The van der Waals surface area contributed by atoms with Crippen LogP contribution in [-0.2, 0) is 19.1 Å². The van der Waals surface area contributed by atoms with Crippen molar-refractivity contribution in [3.63, 3.8) is 0 Å². The first-order valence-corrected chi connectivity index (χ1v) is 12.9. The fraction of sp³-hybridized carbons (Fsp3) is 0.923. The molecule has 178 valence electrons. The van der Waals surface area contributed by atoms with Crippen LogP contribution in [0.25, 0.3) is 0 Å². The van der Waals surface area contributed by atoms with Crippen LogP contribution in [0.5, 0.6) is 0 Å². The monoisotopic (exact) mass is 426 g/mol. The maximum atomic E-state index is 12.7. The number of rotatable bonds is 21. The van der Waals surface area contributed by atoms with Crippen molar-refractivity contribution < 1.29 is 19.1 Å². The third-order valence-corrected chi connectivity index (χ3v) is 6.20. The Labute approximate surface area is 186 Å². The molecule has 30 heavy (non-hydrogen) atoms. The van der Waals surface area contributed by atoms with E-state index in [0.29, 0.717) is 26.1 Å². The molecular formula is C26H50O4.